The number of nitrogens with one attached hydrogen (secondary N) is 2. The van der Waals surface area contributed by atoms with Crippen LogP contribution in [0.5, 0.6) is 0 Å². The van der Waals surface area contributed by atoms with Gasteiger partial charge in [-0.1, -0.05) is 12.1 Å². The predicted molar refractivity (Wildman–Crippen MR) is 49.4 cm³/mol. The Hall–Kier alpha value is -1.35. The van der Waals surface area contributed by atoms with Gasteiger partial charge in [-0.05, 0) is 18.3 Å². The summed E-state index contributed by atoms with van der Waals surface area (Å²) in [6, 6.07) is 5.72. The van der Waals surface area contributed by atoms with Crippen LogP contribution in [0.2, 0.25) is 0 Å². The summed E-state index contributed by atoms with van der Waals surface area (Å²) in [5.41, 5.74) is 0. The molecule has 0 aromatic carbocycles. The van der Waals surface area contributed by atoms with Gasteiger partial charge in [0, 0.05) is 18.9 Å². The quantitative estimate of drug-likeness (QED) is 0.592. The van der Waals surface area contributed by atoms with Crippen molar-refractivity contribution in [3.63, 3.8) is 0 Å². The van der Waals surface area contributed by atoms with E-state index in [1.54, 1.807) is 12.4 Å². The first-order valence-corrected chi connectivity index (χ1v) is 3.94. The predicted octanol–water partition coefficient (Wildman–Crippen LogP) is 0.732. The fourth-order valence-electron chi connectivity index (χ4n) is 0.741. The van der Waals surface area contributed by atoms with Crippen molar-refractivity contribution in [1.82, 2.24) is 15.6 Å². The van der Waals surface area contributed by atoms with Crippen LogP contribution in [0.1, 0.15) is 0 Å². The molecule has 2 N–H and O–H groups in total. The molecule has 0 saturated heterocycles. The molecule has 0 bridgehead atoms. The van der Waals surface area contributed by atoms with E-state index < -0.39 is 0 Å². The van der Waals surface area contributed by atoms with E-state index >= 15 is 0 Å². The van der Waals surface area contributed by atoms with Crippen LogP contribution in [0, 0.1) is 0 Å². The van der Waals surface area contributed by atoms with Crippen LogP contribution in [0.3, 0.4) is 0 Å². The third-order valence-electron chi connectivity index (χ3n) is 1.29. The van der Waals surface area contributed by atoms with E-state index in [9.17, 15) is 0 Å². The third-order valence-corrected chi connectivity index (χ3v) is 1.29. The van der Waals surface area contributed by atoms with Gasteiger partial charge in [0.15, 0.2) is 0 Å². The molecule has 1 aromatic heterocycles. The highest BCUT2D eigenvalue weighted by molar-refractivity contribution is 4.88. The second-order valence-corrected chi connectivity index (χ2v) is 2.26. The summed E-state index contributed by atoms with van der Waals surface area (Å²) in [6.07, 6.45) is 7.50. The second kappa shape index (κ2) is 6.37. The average Bonchev–Trinajstić information content (AvgIpc) is 2.24. The molecule has 0 atom stereocenters. The van der Waals surface area contributed by atoms with Crippen LogP contribution in [-0.4, -0.2) is 18.2 Å². The molecule has 1 aliphatic rings. The molecular formula is C9H13N3. The summed E-state index contributed by atoms with van der Waals surface area (Å²) in [5, 5.41) is 6.08. The molecular weight excluding hydrogens is 150 g/mol. The van der Waals surface area contributed by atoms with Crippen LogP contribution >= 0.6 is 0 Å². The first-order chi connectivity index (χ1) is 6.00. The van der Waals surface area contributed by atoms with Crippen molar-refractivity contribution < 1.29 is 0 Å². The van der Waals surface area contributed by atoms with E-state index in [0.717, 1.165) is 13.2 Å². The number of aromatic nitrogens is 1. The Morgan fingerprint density at radius 3 is 2.08 bits per heavy atom. The van der Waals surface area contributed by atoms with E-state index in [2.05, 4.69) is 15.6 Å². The third kappa shape index (κ3) is 4.46. The fraction of sp³-hybridized carbons (Fsp3) is 0.222. The van der Waals surface area contributed by atoms with Gasteiger partial charge in [-0.25, -0.2) is 0 Å². The van der Waals surface area contributed by atoms with E-state index in [1.165, 1.54) is 0 Å². The fourth-order valence-corrected chi connectivity index (χ4v) is 0.741. The number of hydrogen-bond acceptors (Lipinski definition) is 3. The minimum Gasteiger partial charge on any atom is -0.379 e. The number of nitrogens with zero attached hydrogens (tertiary/aromatic N) is 1. The lowest BCUT2D eigenvalue weighted by atomic mass is 10.5. The molecule has 1 aromatic rings. The van der Waals surface area contributed by atoms with Gasteiger partial charge in [0.05, 0.1) is 6.67 Å². The highest BCUT2D eigenvalue weighted by Crippen LogP contribution is 1.73. The average molecular weight is 163 g/mol. The summed E-state index contributed by atoms with van der Waals surface area (Å²) in [6.45, 7) is 1.92. The minimum atomic E-state index is 0.913. The van der Waals surface area contributed by atoms with Crippen LogP contribution in [0.4, 0.5) is 0 Å². The molecule has 0 spiro atoms. The topological polar surface area (TPSA) is 37.0 Å². The molecule has 0 aliphatic carbocycles. The first kappa shape index (κ1) is 8.74. The van der Waals surface area contributed by atoms with Gasteiger partial charge in [-0.15, -0.1) is 0 Å². The Balaban J connectivity index is 0.000000120. The van der Waals surface area contributed by atoms with Gasteiger partial charge in [0.2, 0.25) is 0 Å². The Kier molecular flexibility index (Phi) is 4.64. The van der Waals surface area contributed by atoms with E-state index in [0.29, 0.717) is 0 Å². The largest absolute Gasteiger partial charge is 0.379 e. The van der Waals surface area contributed by atoms with Crippen molar-refractivity contribution in [3.05, 3.63) is 42.9 Å². The van der Waals surface area contributed by atoms with Gasteiger partial charge in [0.1, 0.15) is 0 Å². The summed E-state index contributed by atoms with van der Waals surface area (Å²) in [7, 11) is 0. The SMILES string of the molecule is C1=CNCNC1.c1ccncc1. The van der Waals surface area contributed by atoms with Gasteiger partial charge < -0.3 is 5.32 Å². The van der Waals surface area contributed by atoms with E-state index in [4.69, 9.17) is 0 Å². The zero-order chi connectivity index (χ0) is 8.49. The van der Waals surface area contributed by atoms with Gasteiger partial charge in [0.25, 0.3) is 0 Å². The van der Waals surface area contributed by atoms with E-state index in [-0.39, 0.29) is 0 Å². The van der Waals surface area contributed by atoms with Crippen LogP contribution in [-0.2, 0) is 0 Å². The van der Waals surface area contributed by atoms with Crippen molar-refractivity contribution in [1.29, 1.82) is 0 Å². The Morgan fingerprint density at radius 1 is 1.08 bits per heavy atom. The zero-order valence-corrected chi connectivity index (χ0v) is 6.90. The van der Waals surface area contributed by atoms with Crippen LogP contribution < -0.4 is 10.6 Å². The molecule has 1 aliphatic heterocycles. The van der Waals surface area contributed by atoms with Gasteiger partial charge >= 0.3 is 0 Å². The monoisotopic (exact) mass is 163 g/mol. The number of hydrogen-bond donors (Lipinski definition) is 2. The summed E-state index contributed by atoms with van der Waals surface area (Å²) in [5.74, 6) is 0. The molecule has 3 nitrogen and oxygen atoms in total. The van der Waals surface area contributed by atoms with E-state index in [1.807, 2.05) is 30.5 Å². The maximum absolute atomic E-state index is 3.78. The van der Waals surface area contributed by atoms with Crippen molar-refractivity contribution in [2.45, 2.75) is 0 Å². The highest BCUT2D eigenvalue weighted by Gasteiger charge is 1.81. The summed E-state index contributed by atoms with van der Waals surface area (Å²) >= 11 is 0. The number of rotatable bonds is 0. The minimum absolute atomic E-state index is 0.913. The van der Waals surface area contributed by atoms with Crippen molar-refractivity contribution >= 4 is 0 Å². The Bertz CT molecular complexity index is 174. The molecule has 2 heterocycles. The molecule has 0 saturated carbocycles. The molecule has 0 unspecified atom stereocenters. The summed E-state index contributed by atoms with van der Waals surface area (Å²) in [4.78, 5) is 3.78. The standard InChI is InChI=1S/C5H5N.C4H8N2/c1-2-4-6-5-3-1;1-2-5-4-6-3-1/h1-5H;1-2,5-6H,3-4H2. The van der Waals surface area contributed by atoms with Crippen molar-refractivity contribution in [2.24, 2.45) is 0 Å². The molecule has 12 heavy (non-hydrogen) atoms. The molecule has 64 valence electrons. The van der Waals surface area contributed by atoms with Gasteiger partial charge in [-0.2, -0.15) is 0 Å². The second-order valence-electron chi connectivity index (χ2n) is 2.26. The van der Waals surface area contributed by atoms with Crippen LogP contribution in [0.15, 0.2) is 42.9 Å². The lowest BCUT2D eigenvalue weighted by Crippen LogP contribution is -2.29. The first-order valence-electron chi connectivity index (χ1n) is 3.94. The van der Waals surface area contributed by atoms with Crippen molar-refractivity contribution in [3.8, 4) is 0 Å². The normalized spacial score (nSPS) is 14.0. The smallest absolute Gasteiger partial charge is 0.0650 e. The van der Waals surface area contributed by atoms with Crippen LogP contribution in [0.25, 0.3) is 0 Å². The highest BCUT2D eigenvalue weighted by atomic mass is 15.1. The molecule has 3 heteroatoms. The molecule has 0 fully saturated rings. The Morgan fingerprint density at radius 2 is 1.92 bits per heavy atom. The zero-order valence-electron chi connectivity index (χ0n) is 6.90. The lowest BCUT2D eigenvalue weighted by Gasteiger charge is -2.05. The van der Waals surface area contributed by atoms with Crippen molar-refractivity contribution in [2.75, 3.05) is 13.2 Å². The lowest BCUT2D eigenvalue weighted by molar-refractivity contribution is 0.669. The molecule has 0 amide bonds. The maximum atomic E-state index is 3.78. The van der Waals surface area contributed by atoms with Gasteiger partial charge in [-0.3, -0.25) is 10.3 Å². The summed E-state index contributed by atoms with van der Waals surface area (Å²) < 4.78 is 0. The Labute approximate surface area is 72.5 Å². The maximum Gasteiger partial charge on any atom is 0.0650 e. The molecule has 0 radical (unpaired) electrons. The number of pyridine rings is 1. The molecule has 2 rings (SSSR count).